The number of aryl methyl sites for hydroxylation is 1. The number of carbonyl (C=O) groups is 1. The topological polar surface area (TPSA) is 37.3 Å². The summed E-state index contributed by atoms with van der Waals surface area (Å²) in [6, 6.07) is 1.86. The van der Waals surface area contributed by atoms with E-state index in [4.69, 9.17) is 16.7 Å². The van der Waals surface area contributed by atoms with Gasteiger partial charge in [-0.1, -0.05) is 0 Å². The first-order valence-electron chi connectivity index (χ1n) is 3.49. The average Bonchev–Trinajstić information content (AvgIpc) is 2.31. The van der Waals surface area contributed by atoms with Gasteiger partial charge < -0.3 is 5.11 Å². The summed E-state index contributed by atoms with van der Waals surface area (Å²) >= 11 is 7.17. The molecule has 0 unspecified atom stereocenters. The minimum Gasteiger partial charge on any atom is -0.481 e. The van der Waals surface area contributed by atoms with Crippen molar-refractivity contribution in [2.75, 3.05) is 0 Å². The molecule has 0 aliphatic rings. The van der Waals surface area contributed by atoms with Crippen LogP contribution in [0.25, 0.3) is 0 Å². The molecule has 12 heavy (non-hydrogen) atoms. The van der Waals surface area contributed by atoms with Crippen LogP contribution in [-0.2, 0) is 17.1 Å². The molecule has 0 amide bonds. The molecule has 66 valence electrons. The van der Waals surface area contributed by atoms with Crippen molar-refractivity contribution in [2.24, 2.45) is 0 Å². The zero-order chi connectivity index (χ0) is 9.14. The second-order valence-corrected chi connectivity index (χ2v) is 4.11. The Morgan fingerprint density at radius 3 is 2.83 bits per heavy atom. The Morgan fingerprint density at radius 1 is 1.75 bits per heavy atom. The first-order valence-corrected chi connectivity index (χ1v) is 4.84. The van der Waals surface area contributed by atoms with Gasteiger partial charge in [-0.25, -0.2) is 0 Å². The summed E-state index contributed by atoms with van der Waals surface area (Å²) in [6.45, 7) is 1.92. The first-order chi connectivity index (χ1) is 5.63. The molecule has 0 aliphatic heterocycles. The number of aliphatic carboxylic acids is 1. The molecular formula is C8H9ClO2S. The van der Waals surface area contributed by atoms with Gasteiger partial charge in [0.2, 0.25) is 0 Å². The third-order valence-electron chi connectivity index (χ3n) is 1.54. The SMILES string of the molecule is Cc1sc(CCl)cc1CC(=O)O. The van der Waals surface area contributed by atoms with Gasteiger partial charge in [-0.15, -0.1) is 22.9 Å². The van der Waals surface area contributed by atoms with Crippen molar-refractivity contribution in [3.63, 3.8) is 0 Å². The lowest BCUT2D eigenvalue weighted by Gasteiger charge is -1.91. The molecule has 0 fully saturated rings. The maximum Gasteiger partial charge on any atom is 0.307 e. The lowest BCUT2D eigenvalue weighted by atomic mass is 10.2. The number of hydrogen-bond acceptors (Lipinski definition) is 2. The van der Waals surface area contributed by atoms with Crippen molar-refractivity contribution < 1.29 is 9.90 Å². The summed E-state index contributed by atoms with van der Waals surface area (Å²) in [7, 11) is 0. The highest BCUT2D eigenvalue weighted by Gasteiger charge is 2.07. The number of hydrogen-bond donors (Lipinski definition) is 1. The number of halogens is 1. The minimum atomic E-state index is -0.794. The van der Waals surface area contributed by atoms with Gasteiger partial charge in [0.1, 0.15) is 0 Å². The normalized spacial score (nSPS) is 10.2. The van der Waals surface area contributed by atoms with Gasteiger partial charge in [0.05, 0.1) is 12.3 Å². The van der Waals surface area contributed by atoms with E-state index in [0.29, 0.717) is 5.88 Å². The summed E-state index contributed by atoms with van der Waals surface area (Å²) < 4.78 is 0. The van der Waals surface area contributed by atoms with Crippen LogP contribution < -0.4 is 0 Å². The molecule has 1 aromatic rings. The molecule has 0 aromatic carbocycles. The Labute approximate surface area is 79.8 Å². The summed E-state index contributed by atoms with van der Waals surface area (Å²) in [6.07, 6.45) is 0.0965. The van der Waals surface area contributed by atoms with Crippen molar-refractivity contribution in [3.05, 3.63) is 21.4 Å². The van der Waals surface area contributed by atoms with Crippen LogP contribution in [-0.4, -0.2) is 11.1 Å². The summed E-state index contributed by atoms with van der Waals surface area (Å²) in [5.41, 5.74) is 0.878. The van der Waals surface area contributed by atoms with Crippen LogP contribution >= 0.6 is 22.9 Å². The first kappa shape index (κ1) is 9.55. The Balaban J connectivity index is 2.84. The molecule has 0 atom stereocenters. The van der Waals surface area contributed by atoms with Gasteiger partial charge in [-0.3, -0.25) is 4.79 Å². The number of thiophene rings is 1. The molecule has 0 spiro atoms. The van der Waals surface area contributed by atoms with Crippen LogP contribution in [0.3, 0.4) is 0 Å². The fourth-order valence-corrected chi connectivity index (χ4v) is 2.14. The quantitative estimate of drug-likeness (QED) is 0.768. The summed E-state index contributed by atoms with van der Waals surface area (Å²) in [4.78, 5) is 12.5. The second kappa shape index (κ2) is 3.92. The van der Waals surface area contributed by atoms with Crippen molar-refractivity contribution >= 4 is 28.9 Å². The Morgan fingerprint density at radius 2 is 2.42 bits per heavy atom. The fraction of sp³-hybridized carbons (Fsp3) is 0.375. The molecule has 1 N–H and O–H groups in total. The molecule has 1 rings (SSSR count). The standard InChI is InChI=1S/C8H9ClO2S/c1-5-6(3-8(10)11)2-7(4-9)12-5/h2H,3-4H2,1H3,(H,10,11). The van der Waals surface area contributed by atoms with Crippen LogP contribution in [0.1, 0.15) is 15.3 Å². The van der Waals surface area contributed by atoms with Crippen LogP contribution in [0, 0.1) is 6.92 Å². The van der Waals surface area contributed by atoms with E-state index in [2.05, 4.69) is 0 Å². The van der Waals surface area contributed by atoms with Gasteiger partial charge in [-0.05, 0) is 18.6 Å². The van der Waals surface area contributed by atoms with E-state index in [1.54, 1.807) is 11.3 Å². The second-order valence-electron chi connectivity index (χ2n) is 2.50. The molecular weight excluding hydrogens is 196 g/mol. The molecule has 4 heteroatoms. The maximum atomic E-state index is 10.4. The van der Waals surface area contributed by atoms with E-state index < -0.39 is 5.97 Å². The summed E-state index contributed by atoms with van der Waals surface area (Å²) in [5.74, 6) is -0.331. The molecule has 0 aliphatic carbocycles. The minimum absolute atomic E-state index is 0.0965. The van der Waals surface area contributed by atoms with Crippen LogP contribution in [0.4, 0.5) is 0 Å². The van der Waals surface area contributed by atoms with Gasteiger partial charge in [0.15, 0.2) is 0 Å². The third kappa shape index (κ3) is 2.22. The molecule has 0 radical (unpaired) electrons. The third-order valence-corrected chi connectivity index (χ3v) is 3.08. The lowest BCUT2D eigenvalue weighted by molar-refractivity contribution is -0.136. The van der Waals surface area contributed by atoms with E-state index >= 15 is 0 Å². The molecule has 0 saturated carbocycles. The fourth-order valence-electron chi connectivity index (χ4n) is 0.992. The number of rotatable bonds is 3. The molecule has 0 saturated heterocycles. The van der Waals surface area contributed by atoms with Gasteiger partial charge in [0.25, 0.3) is 0 Å². The van der Waals surface area contributed by atoms with Crippen molar-refractivity contribution in [3.8, 4) is 0 Å². The Bertz CT molecular complexity index is 293. The maximum absolute atomic E-state index is 10.4. The zero-order valence-electron chi connectivity index (χ0n) is 6.63. The molecule has 0 bridgehead atoms. The van der Waals surface area contributed by atoms with Gasteiger partial charge in [0, 0.05) is 9.75 Å². The van der Waals surface area contributed by atoms with Crippen molar-refractivity contribution in [2.45, 2.75) is 19.2 Å². The highest BCUT2D eigenvalue weighted by atomic mass is 35.5. The van der Waals surface area contributed by atoms with E-state index in [9.17, 15) is 4.79 Å². The molecule has 2 nitrogen and oxygen atoms in total. The Kier molecular flexibility index (Phi) is 3.12. The van der Waals surface area contributed by atoms with Gasteiger partial charge >= 0.3 is 5.97 Å². The monoisotopic (exact) mass is 204 g/mol. The largest absolute Gasteiger partial charge is 0.481 e. The number of carboxylic acids is 1. The predicted octanol–water partition coefficient (Wildman–Crippen LogP) is 2.42. The number of carboxylic acid groups (broad SMARTS) is 1. The average molecular weight is 205 g/mol. The van der Waals surface area contributed by atoms with E-state index in [-0.39, 0.29) is 6.42 Å². The highest BCUT2D eigenvalue weighted by Crippen LogP contribution is 2.23. The van der Waals surface area contributed by atoms with Crippen LogP contribution in [0.2, 0.25) is 0 Å². The van der Waals surface area contributed by atoms with Crippen LogP contribution in [0.5, 0.6) is 0 Å². The van der Waals surface area contributed by atoms with Crippen LogP contribution in [0.15, 0.2) is 6.07 Å². The van der Waals surface area contributed by atoms with E-state index in [1.165, 1.54) is 0 Å². The molecule has 1 aromatic heterocycles. The van der Waals surface area contributed by atoms with Crippen molar-refractivity contribution in [1.29, 1.82) is 0 Å². The zero-order valence-corrected chi connectivity index (χ0v) is 8.21. The molecule has 1 heterocycles. The van der Waals surface area contributed by atoms with E-state index in [0.717, 1.165) is 15.3 Å². The van der Waals surface area contributed by atoms with Crippen molar-refractivity contribution in [1.82, 2.24) is 0 Å². The van der Waals surface area contributed by atoms with E-state index in [1.807, 2.05) is 13.0 Å². The number of alkyl halides is 1. The van der Waals surface area contributed by atoms with Gasteiger partial charge in [-0.2, -0.15) is 0 Å². The predicted molar refractivity (Wildman–Crippen MR) is 50.0 cm³/mol. The highest BCUT2D eigenvalue weighted by molar-refractivity contribution is 7.12. The smallest absolute Gasteiger partial charge is 0.307 e. The lowest BCUT2D eigenvalue weighted by Crippen LogP contribution is -1.99. The Hall–Kier alpha value is -0.540. The summed E-state index contributed by atoms with van der Waals surface area (Å²) in [5, 5.41) is 8.54.